The van der Waals surface area contributed by atoms with Gasteiger partial charge < -0.3 is 25.0 Å². The fourth-order valence-electron chi connectivity index (χ4n) is 4.04. The molecule has 0 radical (unpaired) electrons. The molecule has 11 heteroatoms. The fraction of sp³-hybridized carbons (Fsp3) is 0.375. The van der Waals surface area contributed by atoms with E-state index in [1.807, 2.05) is 24.3 Å². The van der Waals surface area contributed by atoms with Crippen molar-refractivity contribution in [2.45, 2.75) is 36.5 Å². The summed E-state index contributed by atoms with van der Waals surface area (Å²) in [7, 11) is 0. The first kappa shape index (κ1) is 23.6. The predicted octanol–water partition coefficient (Wildman–Crippen LogP) is 3.91. The molecule has 3 aromatic rings. The highest BCUT2D eigenvalue weighted by Crippen LogP contribution is 2.31. The molecule has 5 rings (SSSR count). The topological polar surface area (TPSA) is 97.3 Å². The number of hydrogen-bond donors (Lipinski definition) is 2. The second-order valence-corrected chi connectivity index (χ2v) is 9.90. The molecule has 0 bridgehead atoms. The molecule has 1 aromatic carbocycles. The van der Waals surface area contributed by atoms with Crippen LogP contribution in [0.1, 0.15) is 25.3 Å². The third-order valence-corrected chi connectivity index (χ3v) is 6.75. The van der Waals surface area contributed by atoms with Crippen molar-refractivity contribution in [3.8, 4) is 11.5 Å². The van der Waals surface area contributed by atoms with E-state index in [0.717, 1.165) is 47.4 Å². The van der Waals surface area contributed by atoms with Crippen LogP contribution in [0.25, 0.3) is 0 Å². The van der Waals surface area contributed by atoms with Crippen LogP contribution >= 0.6 is 24.0 Å². The van der Waals surface area contributed by atoms with E-state index in [0.29, 0.717) is 41.9 Å². The number of piperidine rings is 1. The molecular formula is C24H27N7O2S2. The maximum atomic E-state index is 5.67. The van der Waals surface area contributed by atoms with Gasteiger partial charge in [0.05, 0.1) is 0 Å². The summed E-state index contributed by atoms with van der Waals surface area (Å²) in [5.74, 6) is 3.47. The molecule has 2 aromatic heterocycles. The van der Waals surface area contributed by atoms with Crippen molar-refractivity contribution in [3.63, 3.8) is 0 Å². The first-order chi connectivity index (χ1) is 17.1. The molecule has 1 atom stereocenters. The highest BCUT2D eigenvalue weighted by Gasteiger charge is 2.20. The third kappa shape index (κ3) is 6.29. The van der Waals surface area contributed by atoms with Crippen LogP contribution in [0.4, 0.5) is 11.8 Å². The molecule has 182 valence electrons. The Morgan fingerprint density at radius 2 is 1.97 bits per heavy atom. The lowest BCUT2D eigenvalue weighted by atomic mass is 10.0. The Morgan fingerprint density at radius 3 is 2.80 bits per heavy atom. The molecule has 2 aliphatic rings. The third-order valence-electron chi connectivity index (χ3n) is 5.69. The molecule has 1 saturated heterocycles. The largest absolute Gasteiger partial charge is 0.486 e. The van der Waals surface area contributed by atoms with Gasteiger partial charge in [-0.1, -0.05) is 13.0 Å². The minimum Gasteiger partial charge on any atom is -0.486 e. The van der Waals surface area contributed by atoms with Crippen molar-refractivity contribution in [3.05, 3.63) is 48.3 Å². The maximum absolute atomic E-state index is 5.67. The van der Waals surface area contributed by atoms with Crippen molar-refractivity contribution in [1.29, 1.82) is 0 Å². The molecule has 35 heavy (non-hydrogen) atoms. The van der Waals surface area contributed by atoms with Crippen LogP contribution in [0.5, 0.6) is 11.5 Å². The standard InChI is InChI=1S/C24H27N7O2S2/c1-16-4-2-9-31(15-16)20-13-21(35-24-25-7-3-8-26-24)29-22(28-20)30-23(34)27-14-17-5-6-18-19(12-17)33-11-10-32-18/h3,5-8,12-13,16H,2,4,9-11,14-15H2,1H3,(H2,27,28,29,30,34)/t16-/m1/s1. The summed E-state index contributed by atoms with van der Waals surface area (Å²) >= 11 is 6.95. The summed E-state index contributed by atoms with van der Waals surface area (Å²) in [4.78, 5) is 20.4. The second kappa shape index (κ2) is 11.0. The summed E-state index contributed by atoms with van der Waals surface area (Å²) in [6.07, 6.45) is 5.83. The zero-order chi connectivity index (χ0) is 24.0. The van der Waals surface area contributed by atoms with E-state index in [1.165, 1.54) is 18.2 Å². The molecule has 1 fully saturated rings. The van der Waals surface area contributed by atoms with E-state index >= 15 is 0 Å². The number of nitrogens with zero attached hydrogens (tertiary/aromatic N) is 5. The quantitative estimate of drug-likeness (QED) is 0.287. The van der Waals surface area contributed by atoms with Gasteiger partial charge >= 0.3 is 0 Å². The van der Waals surface area contributed by atoms with Gasteiger partial charge in [-0.3, -0.25) is 0 Å². The monoisotopic (exact) mass is 509 g/mol. The minimum atomic E-state index is 0.441. The van der Waals surface area contributed by atoms with E-state index in [9.17, 15) is 0 Å². The fourth-order valence-corrected chi connectivity index (χ4v) is 4.91. The second-order valence-electron chi connectivity index (χ2n) is 8.50. The van der Waals surface area contributed by atoms with Gasteiger partial charge in [-0.05, 0) is 66.5 Å². The molecule has 0 amide bonds. The average Bonchev–Trinajstić information content (AvgIpc) is 2.88. The van der Waals surface area contributed by atoms with Crippen LogP contribution in [-0.2, 0) is 6.54 Å². The van der Waals surface area contributed by atoms with Gasteiger partial charge in [-0.25, -0.2) is 15.0 Å². The molecule has 0 spiro atoms. The van der Waals surface area contributed by atoms with Crippen molar-refractivity contribution in [1.82, 2.24) is 25.3 Å². The molecule has 9 nitrogen and oxygen atoms in total. The van der Waals surface area contributed by atoms with E-state index in [4.69, 9.17) is 26.7 Å². The Kier molecular flexibility index (Phi) is 7.43. The number of fused-ring (bicyclic) bond motifs is 1. The van der Waals surface area contributed by atoms with E-state index in [2.05, 4.69) is 37.4 Å². The number of benzene rings is 1. The molecule has 0 saturated carbocycles. The molecular weight excluding hydrogens is 482 g/mol. The summed E-state index contributed by atoms with van der Waals surface area (Å²) in [5, 5.41) is 8.22. The number of rotatable bonds is 6. The average molecular weight is 510 g/mol. The summed E-state index contributed by atoms with van der Waals surface area (Å²) < 4.78 is 11.3. The van der Waals surface area contributed by atoms with Crippen LogP contribution in [0, 0.1) is 5.92 Å². The number of anilines is 2. The molecule has 2 N–H and O–H groups in total. The first-order valence-corrected chi connectivity index (χ1v) is 12.9. The zero-order valence-electron chi connectivity index (χ0n) is 19.4. The van der Waals surface area contributed by atoms with Gasteiger partial charge in [-0.2, -0.15) is 4.98 Å². The normalized spacial score (nSPS) is 17.1. The number of ether oxygens (including phenoxy) is 2. The first-order valence-electron chi connectivity index (χ1n) is 11.6. The maximum Gasteiger partial charge on any atom is 0.232 e. The van der Waals surface area contributed by atoms with E-state index < -0.39 is 0 Å². The lowest BCUT2D eigenvalue weighted by Gasteiger charge is -2.32. The highest BCUT2D eigenvalue weighted by atomic mass is 32.2. The number of thiocarbonyl (C=S) groups is 1. The minimum absolute atomic E-state index is 0.441. The Balaban J connectivity index is 1.29. The van der Waals surface area contributed by atoms with Gasteiger partial charge in [0.2, 0.25) is 5.95 Å². The van der Waals surface area contributed by atoms with Gasteiger partial charge in [0.1, 0.15) is 24.1 Å². The van der Waals surface area contributed by atoms with Crippen LogP contribution in [0.3, 0.4) is 0 Å². The number of aromatic nitrogens is 4. The predicted molar refractivity (Wildman–Crippen MR) is 139 cm³/mol. The highest BCUT2D eigenvalue weighted by molar-refractivity contribution is 7.99. The van der Waals surface area contributed by atoms with Gasteiger partial charge in [-0.15, -0.1) is 0 Å². The van der Waals surface area contributed by atoms with Crippen molar-refractivity contribution < 1.29 is 9.47 Å². The number of hydrogen-bond acceptors (Lipinski definition) is 9. The van der Waals surface area contributed by atoms with Crippen LogP contribution in [0.2, 0.25) is 0 Å². The van der Waals surface area contributed by atoms with Crippen LogP contribution in [0.15, 0.2) is 52.9 Å². The van der Waals surface area contributed by atoms with Crippen molar-refractivity contribution >= 4 is 40.9 Å². The molecule has 4 heterocycles. The Labute approximate surface area is 214 Å². The smallest absolute Gasteiger partial charge is 0.232 e. The summed E-state index contributed by atoms with van der Waals surface area (Å²) in [6, 6.07) is 9.67. The lowest BCUT2D eigenvalue weighted by molar-refractivity contribution is 0.171. The Hall–Kier alpha value is -3.18. The van der Waals surface area contributed by atoms with Crippen LogP contribution in [-0.4, -0.2) is 51.4 Å². The van der Waals surface area contributed by atoms with Crippen LogP contribution < -0.4 is 25.0 Å². The SMILES string of the molecule is C[C@@H]1CCCN(c2cc(Sc3ncccn3)nc(NC(=S)NCc3ccc4c(c3)OCCO4)n2)C1. The Bertz CT molecular complexity index is 1180. The molecule has 0 unspecified atom stereocenters. The van der Waals surface area contributed by atoms with Gasteiger partial charge in [0, 0.05) is 38.1 Å². The van der Waals surface area contributed by atoms with Gasteiger partial charge in [0.15, 0.2) is 21.8 Å². The summed E-state index contributed by atoms with van der Waals surface area (Å²) in [6.45, 7) is 5.88. The van der Waals surface area contributed by atoms with Gasteiger partial charge in [0.25, 0.3) is 0 Å². The zero-order valence-corrected chi connectivity index (χ0v) is 21.1. The molecule has 2 aliphatic heterocycles. The molecule has 0 aliphatic carbocycles. The Morgan fingerprint density at radius 1 is 1.14 bits per heavy atom. The number of nitrogens with one attached hydrogen (secondary N) is 2. The van der Waals surface area contributed by atoms with E-state index in [1.54, 1.807) is 18.5 Å². The van der Waals surface area contributed by atoms with E-state index in [-0.39, 0.29) is 0 Å². The van der Waals surface area contributed by atoms with Crippen molar-refractivity contribution in [2.75, 3.05) is 36.5 Å². The van der Waals surface area contributed by atoms with Crippen molar-refractivity contribution in [2.24, 2.45) is 5.92 Å². The lowest BCUT2D eigenvalue weighted by Crippen LogP contribution is -2.35. The summed E-state index contributed by atoms with van der Waals surface area (Å²) in [5.41, 5.74) is 1.04.